The quantitative estimate of drug-likeness (QED) is 0.104. The molecule has 0 aliphatic carbocycles. The minimum absolute atomic E-state index is 0.0933. The predicted molar refractivity (Wildman–Crippen MR) is 174 cm³/mol. The van der Waals surface area contributed by atoms with Crippen molar-refractivity contribution in [1.29, 1.82) is 0 Å². The Morgan fingerprint density at radius 1 is 1.10 bits per heavy atom. The van der Waals surface area contributed by atoms with E-state index in [9.17, 15) is 9.59 Å². The lowest BCUT2D eigenvalue weighted by Crippen LogP contribution is -2.27. The van der Waals surface area contributed by atoms with E-state index in [0.717, 1.165) is 16.8 Å². The summed E-state index contributed by atoms with van der Waals surface area (Å²) in [6, 6.07) is 9.22. The Balaban J connectivity index is 1.94. The number of carbonyl (C=O) groups excluding carboxylic acids is 2. The van der Waals surface area contributed by atoms with Gasteiger partial charge in [-0.3, -0.25) is 14.6 Å². The van der Waals surface area contributed by atoms with E-state index in [4.69, 9.17) is 16.3 Å². The van der Waals surface area contributed by atoms with Crippen molar-refractivity contribution in [3.63, 3.8) is 0 Å². The topological polar surface area (TPSA) is 141 Å². The number of aromatic nitrogens is 2. The molecule has 0 saturated carbocycles. The molecule has 226 valence electrons. The fraction of sp³-hybridized carbons (Fsp3) is 0.387. The van der Waals surface area contributed by atoms with Gasteiger partial charge >= 0.3 is 0 Å². The number of imidazole rings is 1. The summed E-state index contributed by atoms with van der Waals surface area (Å²) in [5.74, 6) is 6.86. The van der Waals surface area contributed by atoms with Gasteiger partial charge in [-0.05, 0) is 47.7 Å². The van der Waals surface area contributed by atoms with Crippen LogP contribution in [0.2, 0.25) is 0 Å². The van der Waals surface area contributed by atoms with Gasteiger partial charge in [0, 0.05) is 30.5 Å². The molecule has 0 bridgehead atoms. The molecule has 0 unspecified atom stereocenters. The summed E-state index contributed by atoms with van der Waals surface area (Å²) in [7, 11) is 3.31. The van der Waals surface area contributed by atoms with Crippen LogP contribution < -0.4 is 31.4 Å². The average molecular weight is 594 g/mol. The molecule has 42 heavy (non-hydrogen) atoms. The summed E-state index contributed by atoms with van der Waals surface area (Å²) in [6.45, 7) is 13.7. The van der Waals surface area contributed by atoms with Gasteiger partial charge in [-0.25, -0.2) is 10.8 Å². The van der Waals surface area contributed by atoms with Crippen molar-refractivity contribution < 1.29 is 14.3 Å². The zero-order valence-electron chi connectivity index (χ0n) is 26.2. The van der Waals surface area contributed by atoms with Crippen LogP contribution in [0.1, 0.15) is 79.3 Å². The Labute approximate surface area is 253 Å². The molecule has 0 aliphatic heterocycles. The van der Waals surface area contributed by atoms with E-state index in [1.165, 1.54) is 17.0 Å². The number of nitrogens with two attached hydrogens (primary N) is 2. The normalized spacial score (nSPS) is 12.2. The van der Waals surface area contributed by atoms with Crippen LogP contribution in [0, 0.1) is 12.3 Å². The highest BCUT2D eigenvalue weighted by Gasteiger charge is 2.27. The second-order valence-corrected chi connectivity index (χ2v) is 12.8. The number of nitrogens with zero attached hydrogens (tertiary/aromatic N) is 3. The van der Waals surface area contributed by atoms with Crippen molar-refractivity contribution >= 4 is 46.4 Å². The zero-order chi connectivity index (χ0) is 31.6. The highest BCUT2D eigenvalue weighted by Crippen LogP contribution is 2.40. The van der Waals surface area contributed by atoms with Crippen molar-refractivity contribution in [2.45, 2.75) is 53.9 Å². The molecule has 0 atom stereocenters. The van der Waals surface area contributed by atoms with Gasteiger partial charge in [-0.2, -0.15) is 0 Å². The third-order valence-corrected chi connectivity index (χ3v) is 7.24. The van der Waals surface area contributed by atoms with Gasteiger partial charge < -0.3 is 25.1 Å². The lowest BCUT2D eigenvalue weighted by atomic mass is 9.86. The second-order valence-electron chi connectivity index (χ2n) is 12.2. The Hall–Kier alpha value is -3.96. The highest BCUT2D eigenvalue weighted by atomic mass is 32.2. The SMILES string of the molecule is COc1c(NSC)cc(C(C)(C)C)cc1NC(=O)c1ccc(C)c(N(N)/C=C(\N)c2cnc(C(=O)C(C)(C)C)n2C)c1. The monoisotopic (exact) mass is 593 g/mol. The van der Waals surface area contributed by atoms with Gasteiger partial charge in [0.25, 0.3) is 5.91 Å². The van der Waals surface area contributed by atoms with Gasteiger partial charge in [0.1, 0.15) is 0 Å². The van der Waals surface area contributed by atoms with E-state index in [2.05, 4.69) is 35.8 Å². The maximum absolute atomic E-state index is 13.5. The molecule has 11 heteroatoms. The molecule has 0 aliphatic rings. The van der Waals surface area contributed by atoms with Gasteiger partial charge in [0.15, 0.2) is 11.6 Å². The summed E-state index contributed by atoms with van der Waals surface area (Å²) >= 11 is 1.44. The van der Waals surface area contributed by atoms with Crippen molar-refractivity contribution in [3.05, 3.63) is 70.9 Å². The van der Waals surface area contributed by atoms with Crippen molar-refractivity contribution in [3.8, 4) is 5.75 Å². The van der Waals surface area contributed by atoms with Crippen LogP contribution in [0.3, 0.4) is 0 Å². The first-order valence-corrected chi connectivity index (χ1v) is 14.7. The Bertz CT molecular complexity index is 1510. The number of hydrazine groups is 1. The number of Topliss-reactive ketones (excluding diaryl/α,β-unsaturated/α-hetero) is 1. The first kappa shape index (κ1) is 32.6. The minimum Gasteiger partial charge on any atom is -0.492 e. The van der Waals surface area contributed by atoms with Crippen molar-refractivity contribution in [2.75, 3.05) is 28.4 Å². The van der Waals surface area contributed by atoms with E-state index in [-0.39, 0.29) is 17.1 Å². The number of nitrogens with one attached hydrogen (secondary N) is 2. The van der Waals surface area contributed by atoms with Crippen LogP contribution in [-0.4, -0.2) is 34.6 Å². The summed E-state index contributed by atoms with van der Waals surface area (Å²) in [5, 5.41) is 4.38. The van der Waals surface area contributed by atoms with Crippen LogP contribution in [-0.2, 0) is 12.5 Å². The lowest BCUT2D eigenvalue weighted by Gasteiger charge is -2.24. The van der Waals surface area contributed by atoms with Crippen LogP contribution in [0.25, 0.3) is 5.70 Å². The number of hydrogen-bond donors (Lipinski definition) is 4. The van der Waals surface area contributed by atoms with Gasteiger partial charge in [-0.1, -0.05) is 59.6 Å². The minimum atomic E-state index is -0.585. The number of hydrogen-bond acceptors (Lipinski definition) is 9. The summed E-state index contributed by atoms with van der Waals surface area (Å²) < 4.78 is 10.6. The summed E-state index contributed by atoms with van der Waals surface area (Å²) in [6.07, 6.45) is 5.02. The van der Waals surface area contributed by atoms with Crippen molar-refractivity contribution in [1.82, 2.24) is 9.55 Å². The average Bonchev–Trinajstić information content (AvgIpc) is 3.28. The maximum Gasteiger partial charge on any atom is 0.255 e. The van der Waals surface area contributed by atoms with E-state index >= 15 is 0 Å². The molecular formula is C31H43N7O3S. The summed E-state index contributed by atoms with van der Waals surface area (Å²) in [4.78, 5) is 30.6. The number of methoxy groups -OCH3 is 1. The molecule has 1 amide bonds. The molecule has 0 saturated heterocycles. The molecule has 0 spiro atoms. The fourth-order valence-electron chi connectivity index (χ4n) is 4.29. The fourth-order valence-corrected chi connectivity index (χ4v) is 4.66. The molecule has 2 aromatic carbocycles. The number of benzene rings is 2. The van der Waals surface area contributed by atoms with Gasteiger partial charge in [0.2, 0.25) is 5.78 Å². The maximum atomic E-state index is 13.5. The molecule has 6 N–H and O–H groups in total. The summed E-state index contributed by atoms with van der Waals surface area (Å²) in [5.41, 5.74) is 10.7. The van der Waals surface area contributed by atoms with Crippen LogP contribution in [0.4, 0.5) is 17.1 Å². The molecule has 1 heterocycles. The van der Waals surface area contributed by atoms with Gasteiger partial charge in [0.05, 0.1) is 41.8 Å². The second kappa shape index (κ2) is 12.5. The highest BCUT2D eigenvalue weighted by molar-refractivity contribution is 7.99. The van der Waals surface area contributed by atoms with Crippen molar-refractivity contribution in [2.24, 2.45) is 24.0 Å². The number of amides is 1. The van der Waals surface area contributed by atoms with E-state index in [1.54, 1.807) is 43.3 Å². The van der Waals surface area contributed by atoms with Crippen LogP contribution in [0.15, 0.2) is 42.7 Å². The number of carbonyl (C=O) groups is 2. The third kappa shape index (κ3) is 7.08. The molecule has 0 fully saturated rings. The van der Waals surface area contributed by atoms with E-state index < -0.39 is 5.41 Å². The zero-order valence-corrected chi connectivity index (χ0v) is 27.0. The molecule has 0 radical (unpaired) electrons. The number of anilines is 3. The van der Waals surface area contributed by atoms with Gasteiger partial charge in [-0.15, -0.1) is 0 Å². The molecule has 10 nitrogen and oxygen atoms in total. The van der Waals surface area contributed by atoms with E-state index in [1.807, 2.05) is 52.1 Å². The number of rotatable bonds is 9. The standard InChI is InChI=1S/C31H43N7O3S/c1-18-11-12-19(29(40)35-22-14-20(30(2,3)4)15-23(36-42-10)26(22)41-9)13-24(18)38(33)17-21(32)25-16-34-28(37(25)8)27(39)31(5,6)7/h11-17,36H,32-33H2,1-10H3,(H,35,40)/b21-17-. The molecular weight excluding hydrogens is 550 g/mol. The third-order valence-electron chi connectivity index (χ3n) is 6.82. The Morgan fingerprint density at radius 3 is 2.31 bits per heavy atom. The first-order valence-electron chi connectivity index (χ1n) is 13.5. The number of ketones is 1. The lowest BCUT2D eigenvalue weighted by molar-refractivity contribution is 0.0843. The Morgan fingerprint density at radius 2 is 1.74 bits per heavy atom. The first-order chi connectivity index (χ1) is 19.5. The number of ether oxygens (including phenoxy) is 1. The van der Waals surface area contributed by atoms with Crippen LogP contribution >= 0.6 is 11.9 Å². The molecule has 3 aromatic rings. The van der Waals surface area contributed by atoms with Crippen LogP contribution in [0.5, 0.6) is 5.75 Å². The largest absolute Gasteiger partial charge is 0.492 e. The van der Waals surface area contributed by atoms with E-state index in [0.29, 0.717) is 39.9 Å². The predicted octanol–water partition coefficient (Wildman–Crippen LogP) is 5.84. The smallest absolute Gasteiger partial charge is 0.255 e. The molecule has 3 rings (SSSR count). The number of aryl methyl sites for hydroxylation is 1. The Kier molecular flexibility index (Phi) is 9.69. The molecule has 1 aromatic heterocycles.